The molecule has 1 aliphatic rings. The Kier molecular flexibility index (Phi) is 4.82. The summed E-state index contributed by atoms with van der Waals surface area (Å²) in [5, 5.41) is 3.20. The molecule has 7 heteroatoms. The number of hydrogen-bond acceptors (Lipinski definition) is 7. The number of rotatable bonds is 6. The van der Waals surface area contributed by atoms with Crippen molar-refractivity contribution in [1.29, 1.82) is 0 Å². The van der Waals surface area contributed by atoms with E-state index in [1.807, 2.05) is 18.2 Å². The van der Waals surface area contributed by atoms with E-state index in [-0.39, 0.29) is 0 Å². The normalized spacial score (nSPS) is 13.2. The van der Waals surface area contributed by atoms with Crippen LogP contribution in [0.2, 0.25) is 0 Å². The Balaban J connectivity index is 1.51. The zero-order valence-corrected chi connectivity index (χ0v) is 15.4. The third-order valence-corrected chi connectivity index (χ3v) is 4.68. The lowest BCUT2D eigenvalue weighted by molar-refractivity contribution is 0.353. The van der Waals surface area contributed by atoms with Crippen molar-refractivity contribution in [2.45, 2.75) is 19.5 Å². The summed E-state index contributed by atoms with van der Waals surface area (Å²) in [7, 11) is 3.32. The highest BCUT2D eigenvalue weighted by molar-refractivity contribution is 5.52. The zero-order chi connectivity index (χ0) is 18.6. The number of hydrogen-bond donors (Lipinski definition) is 1. The van der Waals surface area contributed by atoms with E-state index in [4.69, 9.17) is 13.9 Å². The summed E-state index contributed by atoms with van der Waals surface area (Å²) in [6, 6.07) is 9.84. The molecule has 0 atom stereocenters. The van der Waals surface area contributed by atoms with Crippen molar-refractivity contribution in [2.75, 3.05) is 31.0 Å². The molecule has 3 aromatic rings. The first-order chi connectivity index (χ1) is 13.3. The topological polar surface area (TPSA) is 72.7 Å². The van der Waals surface area contributed by atoms with Gasteiger partial charge in [0.1, 0.15) is 11.6 Å². The van der Waals surface area contributed by atoms with Gasteiger partial charge in [0.05, 0.1) is 27.0 Å². The van der Waals surface area contributed by atoms with Crippen LogP contribution in [0.15, 0.2) is 47.2 Å². The molecule has 4 rings (SSSR count). The highest BCUT2D eigenvalue weighted by atomic mass is 16.5. The lowest BCUT2D eigenvalue weighted by Crippen LogP contribution is -2.31. The maximum Gasteiger partial charge on any atom is 0.224 e. The third-order valence-electron chi connectivity index (χ3n) is 4.68. The van der Waals surface area contributed by atoms with Gasteiger partial charge in [-0.15, -0.1) is 0 Å². The van der Waals surface area contributed by atoms with Crippen LogP contribution in [0.5, 0.6) is 11.5 Å². The van der Waals surface area contributed by atoms with Gasteiger partial charge in [-0.2, -0.15) is 4.98 Å². The molecule has 0 spiro atoms. The fourth-order valence-electron chi connectivity index (χ4n) is 3.27. The van der Waals surface area contributed by atoms with Gasteiger partial charge in [0.25, 0.3) is 0 Å². The second kappa shape index (κ2) is 7.57. The molecule has 0 amide bonds. The van der Waals surface area contributed by atoms with Crippen LogP contribution < -0.4 is 19.7 Å². The maximum absolute atomic E-state index is 5.44. The maximum atomic E-state index is 5.44. The van der Waals surface area contributed by atoms with E-state index in [0.717, 1.165) is 42.6 Å². The average Bonchev–Trinajstić information content (AvgIpc) is 3.24. The minimum Gasteiger partial charge on any atom is -0.493 e. The van der Waals surface area contributed by atoms with Crippen molar-refractivity contribution in [3.63, 3.8) is 0 Å². The molecule has 0 fully saturated rings. The molecule has 0 unspecified atom stereocenters. The second-order valence-electron chi connectivity index (χ2n) is 6.32. The van der Waals surface area contributed by atoms with Gasteiger partial charge in [-0.05, 0) is 47.9 Å². The first-order valence-corrected chi connectivity index (χ1v) is 8.85. The average molecular weight is 366 g/mol. The van der Waals surface area contributed by atoms with Gasteiger partial charge >= 0.3 is 0 Å². The van der Waals surface area contributed by atoms with Crippen LogP contribution in [-0.4, -0.2) is 30.7 Å². The van der Waals surface area contributed by atoms with Gasteiger partial charge in [-0.1, -0.05) is 0 Å². The summed E-state index contributed by atoms with van der Waals surface area (Å²) in [5.74, 6) is 3.85. The molecule has 1 aliphatic heterocycles. The summed E-state index contributed by atoms with van der Waals surface area (Å²) < 4.78 is 16.2. The number of methoxy groups -OCH3 is 2. The first kappa shape index (κ1) is 17.2. The summed E-state index contributed by atoms with van der Waals surface area (Å²) in [5.41, 5.74) is 2.51. The number of ether oxygens (including phenoxy) is 2. The quantitative estimate of drug-likeness (QED) is 0.718. The predicted molar refractivity (Wildman–Crippen MR) is 102 cm³/mol. The van der Waals surface area contributed by atoms with Crippen LogP contribution in [0.25, 0.3) is 0 Å². The Morgan fingerprint density at radius 2 is 1.96 bits per heavy atom. The van der Waals surface area contributed by atoms with Crippen LogP contribution in [0.3, 0.4) is 0 Å². The standard InChI is InChI=1S/C20H22N4O3/c1-25-17-10-14-6-8-24(13-15(14)11-18(17)26-2)19-5-7-21-20(23-19)22-12-16-4-3-9-27-16/h3-5,7,9-11H,6,8,12-13H2,1-2H3,(H,21,22,23). The van der Waals surface area contributed by atoms with Gasteiger partial charge in [-0.25, -0.2) is 4.98 Å². The Hall–Kier alpha value is -3.22. The molecule has 27 heavy (non-hydrogen) atoms. The van der Waals surface area contributed by atoms with E-state index in [0.29, 0.717) is 12.5 Å². The molecular formula is C20H22N4O3. The molecule has 7 nitrogen and oxygen atoms in total. The lowest BCUT2D eigenvalue weighted by Gasteiger charge is -2.30. The van der Waals surface area contributed by atoms with Crippen LogP contribution in [0.1, 0.15) is 16.9 Å². The van der Waals surface area contributed by atoms with Crippen molar-refractivity contribution < 1.29 is 13.9 Å². The first-order valence-electron chi connectivity index (χ1n) is 8.85. The molecule has 1 N–H and O–H groups in total. The van der Waals surface area contributed by atoms with Gasteiger partial charge in [-0.3, -0.25) is 0 Å². The minimum absolute atomic E-state index is 0.552. The van der Waals surface area contributed by atoms with Crippen molar-refractivity contribution in [3.05, 3.63) is 59.7 Å². The SMILES string of the molecule is COc1cc2c(cc1OC)CN(c1ccnc(NCc3ccco3)n1)CC2. The van der Waals surface area contributed by atoms with Crippen LogP contribution in [0, 0.1) is 0 Å². The molecule has 1 aromatic carbocycles. The van der Waals surface area contributed by atoms with Crippen LogP contribution >= 0.6 is 0 Å². The van der Waals surface area contributed by atoms with Gasteiger partial charge < -0.3 is 24.1 Å². The fourth-order valence-corrected chi connectivity index (χ4v) is 3.27. The highest BCUT2D eigenvalue weighted by Crippen LogP contribution is 2.34. The lowest BCUT2D eigenvalue weighted by atomic mass is 9.99. The number of benzene rings is 1. The largest absolute Gasteiger partial charge is 0.493 e. The number of nitrogens with zero attached hydrogens (tertiary/aromatic N) is 3. The zero-order valence-electron chi connectivity index (χ0n) is 15.4. The Labute approximate surface area is 157 Å². The molecule has 0 saturated heterocycles. The van der Waals surface area contributed by atoms with Crippen LogP contribution in [-0.2, 0) is 19.5 Å². The fraction of sp³-hybridized carbons (Fsp3) is 0.300. The van der Waals surface area contributed by atoms with Gasteiger partial charge in [0.2, 0.25) is 5.95 Å². The molecule has 140 valence electrons. The van der Waals surface area contributed by atoms with Crippen molar-refractivity contribution in [1.82, 2.24) is 9.97 Å². The Morgan fingerprint density at radius 3 is 2.70 bits per heavy atom. The number of nitrogens with one attached hydrogen (secondary N) is 1. The van der Waals surface area contributed by atoms with E-state index in [1.54, 1.807) is 26.7 Å². The summed E-state index contributed by atoms with van der Waals surface area (Å²) in [6.07, 6.45) is 4.36. The molecule has 3 heterocycles. The molecule has 2 aromatic heterocycles. The number of furan rings is 1. The summed E-state index contributed by atoms with van der Waals surface area (Å²) in [4.78, 5) is 11.2. The van der Waals surface area contributed by atoms with Gasteiger partial charge in [0, 0.05) is 19.3 Å². The van der Waals surface area contributed by atoms with E-state index in [1.165, 1.54) is 11.1 Å². The van der Waals surface area contributed by atoms with Crippen molar-refractivity contribution in [3.8, 4) is 11.5 Å². The summed E-state index contributed by atoms with van der Waals surface area (Å²) in [6.45, 7) is 2.21. The smallest absolute Gasteiger partial charge is 0.224 e. The van der Waals surface area contributed by atoms with Gasteiger partial charge in [0.15, 0.2) is 11.5 Å². The van der Waals surface area contributed by atoms with E-state index >= 15 is 0 Å². The van der Waals surface area contributed by atoms with Crippen molar-refractivity contribution >= 4 is 11.8 Å². The molecule has 0 aliphatic carbocycles. The monoisotopic (exact) mass is 366 g/mol. The number of aromatic nitrogens is 2. The second-order valence-corrected chi connectivity index (χ2v) is 6.32. The van der Waals surface area contributed by atoms with E-state index < -0.39 is 0 Å². The molecule has 0 radical (unpaired) electrons. The third kappa shape index (κ3) is 3.67. The molecule has 0 bridgehead atoms. The summed E-state index contributed by atoms with van der Waals surface area (Å²) >= 11 is 0. The predicted octanol–water partition coefficient (Wildman–Crippen LogP) is 3.26. The van der Waals surface area contributed by atoms with Crippen LogP contribution in [0.4, 0.5) is 11.8 Å². The Morgan fingerprint density at radius 1 is 1.15 bits per heavy atom. The van der Waals surface area contributed by atoms with Crippen molar-refractivity contribution in [2.24, 2.45) is 0 Å². The molecular weight excluding hydrogens is 344 g/mol. The van der Waals surface area contributed by atoms with E-state index in [2.05, 4.69) is 32.3 Å². The molecule has 0 saturated carbocycles. The number of anilines is 2. The number of fused-ring (bicyclic) bond motifs is 1. The minimum atomic E-state index is 0.552. The highest BCUT2D eigenvalue weighted by Gasteiger charge is 2.20. The van der Waals surface area contributed by atoms with E-state index in [9.17, 15) is 0 Å². The Bertz CT molecular complexity index is 912.